The average Bonchev–Trinajstić information content (AvgIpc) is 2.45. The van der Waals surface area contributed by atoms with Gasteiger partial charge < -0.3 is 10.6 Å². The van der Waals surface area contributed by atoms with Gasteiger partial charge in [-0.1, -0.05) is 6.07 Å². The van der Waals surface area contributed by atoms with Gasteiger partial charge in [-0.2, -0.15) is 13.2 Å². The molecule has 2 aromatic rings. The molecule has 0 heterocycles. The number of hydrogen-bond acceptors (Lipinski definition) is 2. The highest BCUT2D eigenvalue weighted by Gasteiger charge is 2.30. The van der Waals surface area contributed by atoms with Gasteiger partial charge in [-0.15, -0.1) is 0 Å². The van der Waals surface area contributed by atoms with Gasteiger partial charge in [0.25, 0.3) is 0 Å². The van der Waals surface area contributed by atoms with E-state index in [4.69, 9.17) is 0 Å². The third-order valence-electron chi connectivity index (χ3n) is 3.66. The third kappa shape index (κ3) is 3.72. The first-order valence-electron chi connectivity index (χ1n) is 7.00. The van der Waals surface area contributed by atoms with Crippen molar-refractivity contribution in [2.75, 3.05) is 17.7 Å². The smallest absolute Gasteiger partial charge is 0.388 e. The van der Waals surface area contributed by atoms with Crippen LogP contribution in [0.4, 0.5) is 24.5 Å². The Kier molecular flexibility index (Phi) is 4.64. The highest BCUT2D eigenvalue weighted by molar-refractivity contribution is 5.59. The van der Waals surface area contributed by atoms with E-state index in [9.17, 15) is 13.2 Å². The second-order valence-electron chi connectivity index (χ2n) is 5.27. The number of benzene rings is 2. The summed E-state index contributed by atoms with van der Waals surface area (Å²) in [4.78, 5) is 0. The number of halogens is 3. The van der Waals surface area contributed by atoms with Crippen LogP contribution in [0.1, 0.15) is 22.3 Å². The highest BCUT2D eigenvalue weighted by atomic mass is 19.4. The Morgan fingerprint density at radius 1 is 0.955 bits per heavy atom. The van der Waals surface area contributed by atoms with Crippen molar-refractivity contribution in [2.24, 2.45) is 0 Å². The molecule has 0 saturated heterocycles. The topological polar surface area (TPSA) is 24.1 Å². The Morgan fingerprint density at radius 2 is 1.68 bits per heavy atom. The first-order valence-corrected chi connectivity index (χ1v) is 7.00. The fourth-order valence-corrected chi connectivity index (χ4v) is 2.29. The molecule has 0 spiro atoms. The minimum absolute atomic E-state index is 0.355. The minimum Gasteiger partial charge on any atom is -0.388 e. The molecule has 118 valence electrons. The van der Waals surface area contributed by atoms with Crippen molar-refractivity contribution in [3.8, 4) is 0 Å². The normalized spacial score (nSPS) is 11.4. The van der Waals surface area contributed by atoms with Crippen molar-refractivity contribution >= 4 is 11.4 Å². The van der Waals surface area contributed by atoms with E-state index in [0.29, 0.717) is 12.1 Å². The fourth-order valence-electron chi connectivity index (χ4n) is 2.29. The maximum Gasteiger partial charge on any atom is 0.416 e. The Bertz CT molecular complexity index is 663. The maximum absolute atomic E-state index is 12.8. The number of nitrogens with one attached hydrogen (secondary N) is 2. The number of hydrogen-bond donors (Lipinski definition) is 2. The molecule has 0 aliphatic heterocycles. The molecular formula is C17H19F3N2. The Hall–Kier alpha value is -2.17. The van der Waals surface area contributed by atoms with Gasteiger partial charge in [0.15, 0.2) is 0 Å². The summed E-state index contributed by atoms with van der Waals surface area (Å²) in [6, 6.07) is 9.64. The summed E-state index contributed by atoms with van der Waals surface area (Å²) in [5, 5.41) is 6.25. The van der Waals surface area contributed by atoms with E-state index in [1.54, 1.807) is 0 Å². The van der Waals surface area contributed by atoms with Crippen LogP contribution in [0, 0.1) is 13.8 Å². The van der Waals surface area contributed by atoms with Crippen molar-refractivity contribution in [1.29, 1.82) is 0 Å². The second kappa shape index (κ2) is 6.30. The molecule has 0 amide bonds. The van der Waals surface area contributed by atoms with E-state index in [1.807, 2.05) is 39.1 Å². The molecule has 0 bridgehead atoms. The summed E-state index contributed by atoms with van der Waals surface area (Å²) in [5.74, 6) is 0. The van der Waals surface area contributed by atoms with Crippen LogP contribution >= 0.6 is 0 Å². The standard InChI is InChI=1S/C17H19F3N2/c1-11-4-5-14(17(18,19)20)9-13(11)10-22-15-6-7-16(21-3)12(2)8-15/h4-9,21-22H,10H2,1-3H3. The second-order valence-corrected chi connectivity index (χ2v) is 5.27. The summed E-state index contributed by atoms with van der Waals surface area (Å²) in [5.41, 5.74) is 3.85. The van der Waals surface area contributed by atoms with Gasteiger partial charge >= 0.3 is 6.18 Å². The Labute approximate surface area is 128 Å². The number of rotatable bonds is 4. The van der Waals surface area contributed by atoms with E-state index in [0.717, 1.165) is 28.6 Å². The van der Waals surface area contributed by atoms with Crippen LogP contribution in [0.25, 0.3) is 0 Å². The summed E-state index contributed by atoms with van der Waals surface area (Å²) >= 11 is 0. The molecule has 0 aliphatic rings. The van der Waals surface area contributed by atoms with Crippen LogP contribution in [0.5, 0.6) is 0 Å². The molecule has 0 aromatic heterocycles. The van der Waals surface area contributed by atoms with Crippen LogP contribution in [-0.2, 0) is 12.7 Å². The average molecular weight is 308 g/mol. The highest BCUT2D eigenvalue weighted by Crippen LogP contribution is 2.30. The van der Waals surface area contributed by atoms with Crippen LogP contribution < -0.4 is 10.6 Å². The molecule has 0 unspecified atom stereocenters. The lowest BCUT2D eigenvalue weighted by molar-refractivity contribution is -0.137. The third-order valence-corrected chi connectivity index (χ3v) is 3.66. The molecule has 5 heteroatoms. The molecule has 0 fully saturated rings. The Morgan fingerprint density at radius 3 is 2.27 bits per heavy atom. The zero-order chi connectivity index (χ0) is 16.3. The molecule has 22 heavy (non-hydrogen) atoms. The SMILES string of the molecule is CNc1ccc(NCc2cc(C(F)(F)F)ccc2C)cc1C. The maximum atomic E-state index is 12.8. The minimum atomic E-state index is -4.31. The predicted molar refractivity (Wildman–Crippen MR) is 84.2 cm³/mol. The Balaban J connectivity index is 2.16. The van der Waals surface area contributed by atoms with Crippen molar-refractivity contribution in [3.63, 3.8) is 0 Å². The van der Waals surface area contributed by atoms with Crippen LogP contribution in [0.3, 0.4) is 0 Å². The largest absolute Gasteiger partial charge is 0.416 e. The van der Waals surface area contributed by atoms with Crippen molar-refractivity contribution < 1.29 is 13.2 Å². The van der Waals surface area contributed by atoms with Crippen LogP contribution in [-0.4, -0.2) is 7.05 Å². The molecule has 0 saturated carbocycles. The van der Waals surface area contributed by atoms with Crippen LogP contribution in [0.15, 0.2) is 36.4 Å². The summed E-state index contributed by atoms with van der Waals surface area (Å²) in [6.45, 7) is 4.15. The van der Waals surface area contributed by atoms with Gasteiger partial charge in [0, 0.05) is 25.0 Å². The van der Waals surface area contributed by atoms with Crippen LogP contribution in [0.2, 0.25) is 0 Å². The van der Waals surface area contributed by atoms with Crippen molar-refractivity contribution in [3.05, 3.63) is 58.7 Å². The van der Waals surface area contributed by atoms with E-state index >= 15 is 0 Å². The molecule has 0 atom stereocenters. The quantitative estimate of drug-likeness (QED) is 0.832. The van der Waals surface area contributed by atoms with Gasteiger partial charge in [0.05, 0.1) is 5.56 Å². The first kappa shape index (κ1) is 16.2. The molecule has 0 aliphatic carbocycles. The van der Waals surface area contributed by atoms with E-state index in [2.05, 4.69) is 10.6 Å². The number of alkyl halides is 3. The van der Waals surface area contributed by atoms with E-state index in [1.165, 1.54) is 12.1 Å². The zero-order valence-corrected chi connectivity index (χ0v) is 12.8. The number of aryl methyl sites for hydroxylation is 2. The van der Waals surface area contributed by atoms with E-state index in [-0.39, 0.29) is 0 Å². The van der Waals surface area contributed by atoms with Crippen molar-refractivity contribution in [1.82, 2.24) is 0 Å². The molecular weight excluding hydrogens is 289 g/mol. The van der Waals surface area contributed by atoms with Gasteiger partial charge in [0.2, 0.25) is 0 Å². The number of anilines is 2. The van der Waals surface area contributed by atoms with E-state index < -0.39 is 11.7 Å². The molecule has 2 N–H and O–H groups in total. The fraction of sp³-hybridized carbons (Fsp3) is 0.294. The summed E-state index contributed by atoms with van der Waals surface area (Å²) in [7, 11) is 1.85. The molecule has 2 rings (SSSR count). The predicted octanol–water partition coefficient (Wildman–Crippen LogP) is 4.98. The van der Waals surface area contributed by atoms with Gasteiger partial charge in [-0.05, 0) is 60.9 Å². The molecule has 0 radical (unpaired) electrons. The summed E-state index contributed by atoms with van der Waals surface area (Å²) < 4.78 is 38.3. The van der Waals surface area contributed by atoms with Crippen molar-refractivity contribution in [2.45, 2.75) is 26.6 Å². The lowest BCUT2D eigenvalue weighted by Gasteiger charge is -2.14. The summed E-state index contributed by atoms with van der Waals surface area (Å²) in [6.07, 6.45) is -4.31. The monoisotopic (exact) mass is 308 g/mol. The van der Waals surface area contributed by atoms with Gasteiger partial charge in [-0.25, -0.2) is 0 Å². The van der Waals surface area contributed by atoms with Gasteiger partial charge in [0.1, 0.15) is 0 Å². The lowest BCUT2D eigenvalue weighted by Crippen LogP contribution is -2.08. The molecule has 2 nitrogen and oxygen atoms in total. The zero-order valence-electron chi connectivity index (χ0n) is 12.8. The lowest BCUT2D eigenvalue weighted by atomic mass is 10.0. The molecule has 2 aromatic carbocycles. The van der Waals surface area contributed by atoms with Gasteiger partial charge in [-0.3, -0.25) is 0 Å². The first-order chi connectivity index (χ1) is 10.3.